The zero-order valence-electron chi connectivity index (χ0n) is 13.3. The van der Waals surface area contributed by atoms with Gasteiger partial charge in [0.15, 0.2) is 0 Å². The maximum absolute atomic E-state index is 6.76. The van der Waals surface area contributed by atoms with Crippen LogP contribution in [0.25, 0.3) is 0 Å². The predicted octanol–water partition coefficient (Wildman–Crippen LogP) is 4.43. The molecule has 0 aromatic heterocycles. The normalized spacial score (nSPS) is 34.6. The molecule has 0 aliphatic heterocycles. The molecule has 0 heterocycles. The van der Waals surface area contributed by atoms with Crippen LogP contribution < -0.4 is 5.32 Å². The van der Waals surface area contributed by atoms with Gasteiger partial charge in [0.1, 0.15) is 0 Å². The van der Waals surface area contributed by atoms with Gasteiger partial charge in [-0.3, -0.25) is 0 Å². The highest BCUT2D eigenvalue weighted by atomic mass is 16.5. The van der Waals surface area contributed by atoms with Crippen LogP contribution in [0, 0.1) is 5.92 Å². The fourth-order valence-electron chi connectivity index (χ4n) is 4.03. The van der Waals surface area contributed by atoms with Crippen LogP contribution in [0.2, 0.25) is 0 Å². The van der Waals surface area contributed by atoms with Gasteiger partial charge < -0.3 is 10.1 Å². The fraction of sp³-hybridized carbons (Fsp3) is 1.00. The van der Waals surface area contributed by atoms with Gasteiger partial charge in [0, 0.05) is 12.6 Å². The molecular formula is C18H33NO. The summed E-state index contributed by atoms with van der Waals surface area (Å²) in [5, 5.41) is 3.77. The molecule has 3 aliphatic carbocycles. The second kappa shape index (κ2) is 6.79. The minimum absolute atomic E-state index is 0.171. The lowest BCUT2D eigenvalue weighted by atomic mass is 9.87. The largest absolute Gasteiger partial charge is 0.370 e. The molecule has 0 spiro atoms. The summed E-state index contributed by atoms with van der Waals surface area (Å²) in [6, 6.07) is 0.810. The summed E-state index contributed by atoms with van der Waals surface area (Å²) in [4.78, 5) is 0. The van der Waals surface area contributed by atoms with Crippen molar-refractivity contribution in [3.05, 3.63) is 0 Å². The van der Waals surface area contributed by atoms with Crippen molar-refractivity contribution in [3.63, 3.8) is 0 Å². The van der Waals surface area contributed by atoms with Gasteiger partial charge in [0.2, 0.25) is 0 Å². The first-order chi connectivity index (χ1) is 9.76. The average Bonchev–Trinajstić information content (AvgIpc) is 3.27. The van der Waals surface area contributed by atoms with Crippen LogP contribution >= 0.6 is 0 Å². The van der Waals surface area contributed by atoms with Crippen molar-refractivity contribution in [2.75, 3.05) is 6.54 Å². The van der Waals surface area contributed by atoms with Crippen molar-refractivity contribution in [2.45, 2.75) is 102 Å². The Hall–Kier alpha value is -0.0800. The molecule has 3 aliphatic rings. The Balaban J connectivity index is 1.57. The minimum Gasteiger partial charge on any atom is -0.370 e. The van der Waals surface area contributed by atoms with Gasteiger partial charge in [-0.05, 0) is 57.3 Å². The van der Waals surface area contributed by atoms with Crippen LogP contribution in [0.15, 0.2) is 0 Å². The Morgan fingerprint density at radius 1 is 0.900 bits per heavy atom. The number of rotatable bonds is 5. The summed E-state index contributed by atoms with van der Waals surface area (Å²) in [6.07, 6.45) is 16.8. The van der Waals surface area contributed by atoms with E-state index in [9.17, 15) is 0 Å². The third kappa shape index (κ3) is 4.21. The molecule has 2 heteroatoms. The van der Waals surface area contributed by atoms with Gasteiger partial charge in [-0.1, -0.05) is 32.6 Å². The van der Waals surface area contributed by atoms with Crippen LogP contribution in [0.5, 0.6) is 0 Å². The van der Waals surface area contributed by atoms with Crippen LogP contribution in [-0.2, 0) is 4.74 Å². The van der Waals surface area contributed by atoms with Gasteiger partial charge in [0.25, 0.3) is 0 Å². The van der Waals surface area contributed by atoms with E-state index in [4.69, 9.17) is 4.74 Å². The zero-order valence-corrected chi connectivity index (χ0v) is 13.3. The Morgan fingerprint density at radius 3 is 2.15 bits per heavy atom. The highest BCUT2D eigenvalue weighted by Gasteiger charge is 2.36. The Morgan fingerprint density at radius 2 is 1.55 bits per heavy atom. The minimum atomic E-state index is 0.171. The summed E-state index contributed by atoms with van der Waals surface area (Å²) in [6.45, 7) is 3.51. The molecule has 0 saturated heterocycles. The molecule has 0 atom stereocenters. The third-order valence-corrected chi connectivity index (χ3v) is 5.68. The van der Waals surface area contributed by atoms with E-state index in [1.165, 1.54) is 77.0 Å². The summed E-state index contributed by atoms with van der Waals surface area (Å²) in [5.41, 5.74) is 0.171. The van der Waals surface area contributed by atoms with Gasteiger partial charge in [0.05, 0.1) is 11.7 Å². The molecule has 0 aromatic rings. The van der Waals surface area contributed by atoms with Crippen molar-refractivity contribution in [1.29, 1.82) is 0 Å². The van der Waals surface area contributed by atoms with Crippen molar-refractivity contribution in [2.24, 2.45) is 5.92 Å². The SMILES string of the molecule is CC1CCC(OC2(CNC3CC3)CCCCCC2)CC1. The first kappa shape index (κ1) is 14.8. The molecule has 116 valence electrons. The van der Waals surface area contributed by atoms with Crippen molar-refractivity contribution in [3.8, 4) is 0 Å². The molecule has 3 rings (SSSR count). The topological polar surface area (TPSA) is 21.3 Å². The van der Waals surface area contributed by atoms with E-state index in [-0.39, 0.29) is 5.60 Å². The van der Waals surface area contributed by atoms with Crippen LogP contribution in [0.4, 0.5) is 0 Å². The van der Waals surface area contributed by atoms with Gasteiger partial charge >= 0.3 is 0 Å². The Bertz CT molecular complexity index is 284. The quantitative estimate of drug-likeness (QED) is 0.752. The maximum Gasteiger partial charge on any atom is 0.0810 e. The van der Waals surface area contributed by atoms with Crippen LogP contribution in [0.3, 0.4) is 0 Å². The van der Waals surface area contributed by atoms with Crippen molar-refractivity contribution in [1.82, 2.24) is 5.32 Å². The maximum atomic E-state index is 6.76. The lowest BCUT2D eigenvalue weighted by Crippen LogP contribution is -2.46. The molecule has 3 fully saturated rings. The van der Waals surface area contributed by atoms with Gasteiger partial charge in [-0.15, -0.1) is 0 Å². The summed E-state index contributed by atoms with van der Waals surface area (Å²) >= 11 is 0. The standard InChI is InChI=1S/C18H33NO/c1-15-6-10-17(11-7-15)20-18(14-19-16-8-9-16)12-4-2-3-5-13-18/h15-17,19H,2-14H2,1H3. The molecule has 0 radical (unpaired) electrons. The number of hydrogen-bond donors (Lipinski definition) is 1. The smallest absolute Gasteiger partial charge is 0.0810 e. The van der Waals surface area contributed by atoms with Crippen LogP contribution in [0.1, 0.15) is 84.0 Å². The molecule has 20 heavy (non-hydrogen) atoms. The molecule has 0 aromatic carbocycles. The van der Waals surface area contributed by atoms with Crippen molar-refractivity contribution >= 4 is 0 Å². The number of ether oxygens (including phenoxy) is 1. The second-order valence-corrected chi connectivity index (χ2v) is 7.75. The Kier molecular flexibility index (Phi) is 5.04. The zero-order chi connectivity index (χ0) is 13.8. The van der Waals surface area contributed by atoms with Crippen molar-refractivity contribution < 1.29 is 4.74 Å². The molecule has 0 bridgehead atoms. The Labute approximate surface area is 125 Å². The van der Waals surface area contributed by atoms with E-state index in [1.54, 1.807) is 0 Å². The third-order valence-electron chi connectivity index (χ3n) is 5.68. The average molecular weight is 279 g/mol. The first-order valence-corrected chi connectivity index (χ1v) is 9.17. The van der Waals surface area contributed by atoms with E-state index < -0.39 is 0 Å². The van der Waals surface area contributed by atoms with E-state index in [2.05, 4.69) is 12.2 Å². The molecule has 3 saturated carbocycles. The molecule has 2 nitrogen and oxygen atoms in total. The predicted molar refractivity (Wildman–Crippen MR) is 84.0 cm³/mol. The summed E-state index contributed by atoms with van der Waals surface area (Å²) < 4.78 is 6.76. The highest BCUT2D eigenvalue weighted by Crippen LogP contribution is 2.36. The molecular weight excluding hydrogens is 246 g/mol. The lowest BCUT2D eigenvalue weighted by molar-refractivity contribution is -0.115. The highest BCUT2D eigenvalue weighted by molar-refractivity contribution is 4.91. The summed E-state index contributed by atoms with van der Waals surface area (Å²) in [7, 11) is 0. The van der Waals surface area contributed by atoms with Gasteiger partial charge in [-0.25, -0.2) is 0 Å². The lowest BCUT2D eigenvalue weighted by Gasteiger charge is -2.39. The second-order valence-electron chi connectivity index (χ2n) is 7.75. The van der Waals surface area contributed by atoms with E-state index >= 15 is 0 Å². The number of nitrogens with one attached hydrogen (secondary N) is 1. The number of hydrogen-bond acceptors (Lipinski definition) is 2. The first-order valence-electron chi connectivity index (χ1n) is 9.17. The van der Waals surface area contributed by atoms with E-state index in [0.717, 1.165) is 18.5 Å². The molecule has 0 unspecified atom stereocenters. The van der Waals surface area contributed by atoms with E-state index in [0.29, 0.717) is 6.10 Å². The van der Waals surface area contributed by atoms with Crippen LogP contribution in [-0.4, -0.2) is 24.3 Å². The molecule has 1 N–H and O–H groups in total. The monoisotopic (exact) mass is 279 g/mol. The van der Waals surface area contributed by atoms with Gasteiger partial charge in [-0.2, -0.15) is 0 Å². The molecule has 0 amide bonds. The van der Waals surface area contributed by atoms with E-state index in [1.807, 2.05) is 0 Å². The summed E-state index contributed by atoms with van der Waals surface area (Å²) in [5.74, 6) is 0.921. The fourth-order valence-corrected chi connectivity index (χ4v) is 4.03.